The summed E-state index contributed by atoms with van der Waals surface area (Å²) < 4.78 is 17.1. The smallest absolute Gasteiger partial charge is 0.276 e. The molecule has 0 aliphatic carbocycles. The highest BCUT2D eigenvalue weighted by Gasteiger charge is 2.23. The number of para-hydroxylation sites is 1. The van der Waals surface area contributed by atoms with Crippen LogP contribution in [0.4, 0.5) is 10.1 Å². The Kier molecular flexibility index (Phi) is 5.53. The van der Waals surface area contributed by atoms with Crippen molar-refractivity contribution in [3.63, 3.8) is 0 Å². The molecule has 2 aromatic carbocycles. The SMILES string of the molecule is Cc1c(CN2CCC[C@@H](Nc3cccc(F)c3)C2)c(=O)n(-c2ccccc2)n1C. The topological polar surface area (TPSA) is 42.2 Å². The Morgan fingerprint density at radius 3 is 2.69 bits per heavy atom. The average Bonchev–Trinajstić information content (AvgIpc) is 2.92. The van der Waals surface area contributed by atoms with Crippen LogP contribution >= 0.6 is 0 Å². The number of rotatable bonds is 5. The lowest BCUT2D eigenvalue weighted by atomic mass is 10.0. The highest BCUT2D eigenvalue weighted by Crippen LogP contribution is 2.19. The molecule has 3 aromatic rings. The molecule has 1 aliphatic heterocycles. The summed E-state index contributed by atoms with van der Waals surface area (Å²) in [5, 5.41) is 3.44. The third-order valence-electron chi connectivity index (χ3n) is 5.76. The molecule has 1 saturated heterocycles. The molecule has 29 heavy (non-hydrogen) atoms. The van der Waals surface area contributed by atoms with Crippen molar-refractivity contribution in [2.75, 3.05) is 18.4 Å². The summed E-state index contributed by atoms with van der Waals surface area (Å²) in [7, 11) is 1.93. The van der Waals surface area contributed by atoms with Crippen LogP contribution in [0.25, 0.3) is 5.69 Å². The van der Waals surface area contributed by atoms with Gasteiger partial charge in [-0.25, -0.2) is 9.07 Å². The van der Waals surface area contributed by atoms with E-state index in [4.69, 9.17) is 0 Å². The molecular formula is C23H27FN4O. The molecule has 1 aromatic heterocycles. The van der Waals surface area contributed by atoms with E-state index in [1.807, 2.05) is 55.1 Å². The van der Waals surface area contributed by atoms with Crippen LogP contribution in [0.3, 0.4) is 0 Å². The second kappa shape index (κ2) is 8.25. The molecule has 0 saturated carbocycles. The van der Waals surface area contributed by atoms with E-state index in [-0.39, 0.29) is 17.4 Å². The lowest BCUT2D eigenvalue weighted by molar-refractivity contribution is 0.207. The van der Waals surface area contributed by atoms with E-state index >= 15 is 0 Å². The monoisotopic (exact) mass is 394 g/mol. The largest absolute Gasteiger partial charge is 0.381 e. The van der Waals surface area contributed by atoms with Crippen molar-refractivity contribution in [1.29, 1.82) is 0 Å². The zero-order valence-electron chi connectivity index (χ0n) is 16.9. The van der Waals surface area contributed by atoms with Gasteiger partial charge >= 0.3 is 0 Å². The molecular weight excluding hydrogens is 367 g/mol. The number of anilines is 1. The number of piperidine rings is 1. The highest BCUT2D eigenvalue weighted by atomic mass is 19.1. The molecule has 1 fully saturated rings. The molecule has 0 bridgehead atoms. The van der Waals surface area contributed by atoms with Crippen molar-refractivity contribution in [1.82, 2.24) is 14.3 Å². The summed E-state index contributed by atoms with van der Waals surface area (Å²) >= 11 is 0. The van der Waals surface area contributed by atoms with Crippen LogP contribution < -0.4 is 10.9 Å². The van der Waals surface area contributed by atoms with Gasteiger partial charge in [-0.15, -0.1) is 0 Å². The molecule has 152 valence electrons. The molecule has 2 heterocycles. The summed E-state index contributed by atoms with van der Waals surface area (Å²) in [5.41, 5.74) is 3.54. The zero-order chi connectivity index (χ0) is 20.4. The van der Waals surface area contributed by atoms with Gasteiger partial charge in [0.25, 0.3) is 5.56 Å². The maximum atomic E-state index is 13.5. The van der Waals surface area contributed by atoms with Crippen LogP contribution in [-0.4, -0.2) is 33.4 Å². The first-order valence-electron chi connectivity index (χ1n) is 10.1. The Labute approximate surface area is 170 Å². The average molecular weight is 394 g/mol. The Morgan fingerprint density at radius 2 is 1.93 bits per heavy atom. The molecule has 1 atom stereocenters. The third kappa shape index (κ3) is 4.12. The van der Waals surface area contributed by atoms with Crippen LogP contribution in [0.5, 0.6) is 0 Å². The fraction of sp³-hybridized carbons (Fsp3) is 0.348. The number of nitrogens with one attached hydrogen (secondary N) is 1. The summed E-state index contributed by atoms with van der Waals surface area (Å²) in [6.07, 6.45) is 2.08. The molecule has 6 heteroatoms. The van der Waals surface area contributed by atoms with E-state index in [1.165, 1.54) is 12.1 Å². The minimum Gasteiger partial charge on any atom is -0.381 e. The van der Waals surface area contributed by atoms with Gasteiger partial charge in [0.15, 0.2) is 0 Å². The zero-order valence-corrected chi connectivity index (χ0v) is 16.9. The van der Waals surface area contributed by atoms with Gasteiger partial charge < -0.3 is 5.32 Å². The van der Waals surface area contributed by atoms with Crippen LogP contribution in [0, 0.1) is 12.7 Å². The summed E-state index contributed by atoms with van der Waals surface area (Å²) in [6, 6.07) is 16.6. The Bertz CT molecular complexity index is 1040. The normalized spacial score (nSPS) is 17.4. The van der Waals surface area contributed by atoms with E-state index in [1.54, 1.807) is 10.7 Å². The number of aromatic nitrogens is 2. The van der Waals surface area contributed by atoms with Gasteiger partial charge in [-0.3, -0.25) is 14.4 Å². The molecule has 0 amide bonds. The van der Waals surface area contributed by atoms with Crippen LogP contribution in [-0.2, 0) is 13.6 Å². The van der Waals surface area contributed by atoms with Crippen LogP contribution in [0.2, 0.25) is 0 Å². The minimum atomic E-state index is -0.232. The second-order valence-electron chi connectivity index (χ2n) is 7.77. The van der Waals surface area contributed by atoms with E-state index < -0.39 is 0 Å². The van der Waals surface area contributed by atoms with Crippen molar-refractivity contribution >= 4 is 5.69 Å². The molecule has 1 aliphatic rings. The third-order valence-corrected chi connectivity index (χ3v) is 5.76. The summed E-state index contributed by atoms with van der Waals surface area (Å²) in [5.74, 6) is -0.232. The van der Waals surface area contributed by atoms with Gasteiger partial charge in [-0.2, -0.15) is 0 Å². The molecule has 0 spiro atoms. The first kappa shape index (κ1) is 19.5. The predicted octanol–water partition coefficient (Wildman–Crippen LogP) is 3.70. The van der Waals surface area contributed by atoms with Gasteiger partial charge in [-0.1, -0.05) is 24.3 Å². The maximum Gasteiger partial charge on any atom is 0.276 e. The highest BCUT2D eigenvalue weighted by molar-refractivity contribution is 5.44. The van der Waals surface area contributed by atoms with Gasteiger partial charge in [0.1, 0.15) is 5.82 Å². The van der Waals surface area contributed by atoms with E-state index in [2.05, 4.69) is 10.2 Å². The number of benzene rings is 2. The van der Waals surface area contributed by atoms with Gasteiger partial charge in [0.2, 0.25) is 0 Å². The number of hydrogen-bond donors (Lipinski definition) is 1. The molecule has 1 N–H and O–H groups in total. The number of nitrogens with zero attached hydrogens (tertiary/aromatic N) is 3. The van der Waals surface area contributed by atoms with Crippen molar-refractivity contribution in [3.05, 3.63) is 82.0 Å². The van der Waals surface area contributed by atoms with Crippen molar-refractivity contribution in [2.45, 2.75) is 32.4 Å². The van der Waals surface area contributed by atoms with Crippen molar-refractivity contribution in [2.24, 2.45) is 7.05 Å². The Morgan fingerprint density at radius 1 is 1.14 bits per heavy atom. The second-order valence-corrected chi connectivity index (χ2v) is 7.77. The lowest BCUT2D eigenvalue weighted by Crippen LogP contribution is -2.42. The molecule has 0 unspecified atom stereocenters. The first-order chi connectivity index (χ1) is 14.0. The molecule has 5 nitrogen and oxygen atoms in total. The minimum absolute atomic E-state index is 0.0383. The number of hydrogen-bond acceptors (Lipinski definition) is 3. The van der Waals surface area contributed by atoms with Crippen molar-refractivity contribution < 1.29 is 4.39 Å². The maximum absolute atomic E-state index is 13.5. The van der Waals surface area contributed by atoms with Gasteiger partial charge in [0.05, 0.1) is 11.3 Å². The van der Waals surface area contributed by atoms with Gasteiger partial charge in [-0.05, 0) is 56.6 Å². The van der Waals surface area contributed by atoms with E-state index in [0.29, 0.717) is 6.54 Å². The quantitative estimate of drug-likeness (QED) is 0.718. The van der Waals surface area contributed by atoms with Crippen molar-refractivity contribution in [3.8, 4) is 5.69 Å². The Balaban J connectivity index is 1.51. The summed E-state index contributed by atoms with van der Waals surface area (Å²) in [6.45, 7) is 4.42. The fourth-order valence-corrected chi connectivity index (χ4v) is 4.16. The fourth-order valence-electron chi connectivity index (χ4n) is 4.16. The van der Waals surface area contributed by atoms with Crippen LogP contribution in [0.1, 0.15) is 24.1 Å². The first-order valence-corrected chi connectivity index (χ1v) is 10.1. The Hall–Kier alpha value is -2.86. The number of likely N-dealkylation sites (tertiary alicyclic amines) is 1. The lowest BCUT2D eigenvalue weighted by Gasteiger charge is -2.33. The number of halogens is 1. The predicted molar refractivity (Wildman–Crippen MR) is 114 cm³/mol. The van der Waals surface area contributed by atoms with E-state index in [9.17, 15) is 9.18 Å². The van der Waals surface area contributed by atoms with Gasteiger partial charge in [0, 0.05) is 37.6 Å². The molecule has 0 radical (unpaired) electrons. The van der Waals surface area contributed by atoms with E-state index in [0.717, 1.165) is 48.6 Å². The standard InChI is InChI=1S/C23H27FN4O/c1-17-22(23(29)28(26(17)2)21-11-4-3-5-12-21)16-27-13-7-10-20(15-27)25-19-9-6-8-18(24)14-19/h3-6,8-9,11-12,14,20,25H,7,10,13,15-16H2,1-2H3/t20-/m1/s1. The molecule has 4 rings (SSSR count). The van der Waals surface area contributed by atoms with Crippen LogP contribution in [0.15, 0.2) is 59.4 Å². The summed E-state index contributed by atoms with van der Waals surface area (Å²) in [4.78, 5) is 15.5.